The fourth-order valence-electron chi connectivity index (χ4n) is 3.96. The molecule has 0 bridgehead atoms. The van der Waals surface area contributed by atoms with Crippen molar-refractivity contribution in [3.8, 4) is 0 Å². The molecule has 3 aromatic carbocycles. The zero-order chi connectivity index (χ0) is 22.9. The topological polar surface area (TPSA) is 51.2 Å². The normalized spacial score (nSPS) is 10.9. The lowest BCUT2D eigenvalue weighted by Gasteiger charge is -2.16. The number of carbonyl (C=O) groups excluding carboxylic acids is 3. The van der Waals surface area contributed by atoms with Crippen molar-refractivity contribution in [1.29, 1.82) is 0 Å². The SMILES string of the molecule is Cc1cc(C)cc(C(=O)P(C(=O)c2cc(C)cc(C)c2)C(=O)c2cc(C)cc(C)c2)c1. The highest BCUT2D eigenvalue weighted by Crippen LogP contribution is 2.47. The second-order valence-corrected chi connectivity index (χ2v) is 10.3. The van der Waals surface area contributed by atoms with E-state index < -0.39 is 24.5 Å². The first-order valence-electron chi connectivity index (χ1n) is 10.2. The van der Waals surface area contributed by atoms with E-state index in [1.165, 1.54) is 0 Å². The van der Waals surface area contributed by atoms with E-state index in [1.807, 2.05) is 59.7 Å². The maximum absolute atomic E-state index is 13.6. The smallest absolute Gasteiger partial charge is 0.200 e. The van der Waals surface area contributed by atoms with Gasteiger partial charge in [-0.15, -0.1) is 0 Å². The highest BCUT2D eigenvalue weighted by molar-refractivity contribution is 8.03. The zero-order valence-electron chi connectivity index (χ0n) is 18.9. The molecule has 0 radical (unpaired) electrons. The number of benzene rings is 3. The van der Waals surface area contributed by atoms with Gasteiger partial charge in [-0.2, -0.15) is 0 Å². The van der Waals surface area contributed by atoms with E-state index in [1.54, 1.807) is 36.4 Å². The highest BCUT2D eigenvalue weighted by Gasteiger charge is 2.36. The Balaban J connectivity index is 2.15. The van der Waals surface area contributed by atoms with Gasteiger partial charge in [-0.3, -0.25) is 14.4 Å². The van der Waals surface area contributed by atoms with E-state index in [9.17, 15) is 14.4 Å². The lowest BCUT2D eigenvalue weighted by molar-refractivity contribution is 0.102. The summed E-state index contributed by atoms with van der Waals surface area (Å²) in [6.07, 6.45) is 0. The molecular weight excluding hydrogens is 403 g/mol. The molecule has 3 aromatic rings. The van der Waals surface area contributed by atoms with Crippen LogP contribution in [0.15, 0.2) is 54.6 Å². The third-order valence-corrected chi connectivity index (χ3v) is 7.01. The Kier molecular flexibility index (Phi) is 6.67. The van der Waals surface area contributed by atoms with Crippen LogP contribution in [0.3, 0.4) is 0 Å². The predicted molar refractivity (Wildman–Crippen MR) is 128 cm³/mol. The molecule has 0 aliphatic carbocycles. The van der Waals surface area contributed by atoms with Crippen LogP contribution in [-0.2, 0) is 0 Å². The number of rotatable bonds is 6. The summed E-state index contributed by atoms with van der Waals surface area (Å²) in [4.78, 5) is 40.8. The van der Waals surface area contributed by atoms with Crippen LogP contribution in [0.25, 0.3) is 0 Å². The summed E-state index contributed by atoms with van der Waals surface area (Å²) < 4.78 is 0. The van der Waals surface area contributed by atoms with Gasteiger partial charge in [0.15, 0.2) is 16.6 Å². The van der Waals surface area contributed by atoms with E-state index in [4.69, 9.17) is 0 Å². The van der Waals surface area contributed by atoms with E-state index in [2.05, 4.69) is 0 Å². The van der Waals surface area contributed by atoms with Gasteiger partial charge in [0.2, 0.25) is 0 Å². The minimum Gasteiger partial charge on any atom is -0.288 e. The molecule has 0 fully saturated rings. The standard InChI is InChI=1S/C27H27O3P/c1-16-7-17(2)11-22(10-16)25(28)31(26(29)23-12-18(3)8-19(4)13-23)27(30)24-14-20(5)9-21(6)15-24/h7-15H,1-6H3. The molecular formula is C27H27O3P. The van der Waals surface area contributed by atoms with E-state index in [0.29, 0.717) is 16.7 Å². The first-order valence-corrected chi connectivity index (χ1v) is 11.6. The Morgan fingerprint density at radius 1 is 0.419 bits per heavy atom. The molecule has 0 N–H and O–H groups in total. The number of hydrogen-bond donors (Lipinski definition) is 0. The molecule has 31 heavy (non-hydrogen) atoms. The molecule has 0 atom stereocenters. The van der Waals surface area contributed by atoms with Gasteiger partial charge in [-0.25, -0.2) is 0 Å². The van der Waals surface area contributed by atoms with Crippen LogP contribution in [0, 0.1) is 41.5 Å². The van der Waals surface area contributed by atoms with Gasteiger partial charge >= 0.3 is 0 Å². The van der Waals surface area contributed by atoms with Crippen LogP contribution < -0.4 is 0 Å². The highest BCUT2D eigenvalue weighted by atomic mass is 31.1. The Hall–Kier alpha value is -2.90. The second-order valence-electron chi connectivity index (χ2n) is 8.38. The molecule has 0 aromatic heterocycles. The molecule has 0 saturated heterocycles. The Morgan fingerprint density at radius 2 is 0.613 bits per heavy atom. The summed E-state index contributed by atoms with van der Waals surface area (Å²) in [5.41, 5.74) is 5.63. The van der Waals surface area contributed by atoms with Gasteiger partial charge in [0.1, 0.15) is 7.92 Å². The molecule has 0 unspecified atom stereocenters. The minimum absolute atomic E-state index is 0.393. The van der Waals surface area contributed by atoms with Crippen molar-refractivity contribution in [2.24, 2.45) is 0 Å². The van der Waals surface area contributed by atoms with Crippen LogP contribution in [0.1, 0.15) is 64.5 Å². The third kappa shape index (κ3) is 5.24. The summed E-state index contributed by atoms with van der Waals surface area (Å²) >= 11 is 0. The van der Waals surface area contributed by atoms with Crippen molar-refractivity contribution in [1.82, 2.24) is 0 Å². The minimum atomic E-state index is -2.26. The summed E-state index contributed by atoms with van der Waals surface area (Å²) in [7, 11) is -2.26. The summed E-state index contributed by atoms with van der Waals surface area (Å²) in [5.74, 6) is 0. The lowest BCUT2D eigenvalue weighted by Crippen LogP contribution is -2.15. The van der Waals surface area contributed by atoms with Gasteiger partial charge in [0.25, 0.3) is 0 Å². The molecule has 0 aliphatic rings. The molecule has 0 aliphatic heterocycles. The van der Waals surface area contributed by atoms with E-state index in [-0.39, 0.29) is 0 Å². The third-order valence-electron chi connectivity index (χ3n) is 5.02. The Bertz CT molecular complexity index is 995. The molecule has 3 nitrogen and oxygen atoms in total. The van der Waals surface area contributed by atoms with Crippen LogP contribution in [-0.4, -0.2) is 16.6 Å². The maximum Gasteiger partial charge on any atom is 0.200 e. The van der Waals surface area contributed by atoms with Crippen molar-refractivity contribution >= 4 is 24.5 Å². The Labute approximate surface area is 185 Å². The monoisotopic (exact) mass is 430 g/mol. The summed E-state index contributed by atoms with van der Waals surface area (Å²) in [6, 6.07) is 16.5. The average Bonchev–Trinajstić information content (AvgIpc) is 2.65. The largest absolute Gasteiger partial charge is 0.288 e. The summed E-state index contributed by atoms with van der Waals surface area (Å²) in [6.45, 7) is 11.4. The first-order chi connectivity index (χ1) is 14.5. The van der Waals surface area contributed by atoms with Crippen molar-refractivity contribution in [2.75, 3.05) is 0 Å². The quantitative estimate of drug-likeness (QED) is 0.402. The Morgan fingerprint density at radius 3 is 0.806 bits per heavy atom. The van der Waals surface area contributed by atoms with Gasteiger partial charge in [-0.05, 0) is 77.9 Å². The molecule has 0 spiro atoms. The van der Waals surface area contributed by atoms with Crippen LogP contribution in [0.5, 0.6) is 0 Å². The first kappa shape index (κ1) is 22.8. The molecule has 158 valence electrons. The van der Waals surface area contributed by atoms with E-state index in [0.717, 1.165) is 33.4 Å². The molecule has 4 heteroatoms. The fraction of sp³-hybridized carbons (Fsp3) is 0.222. The van der Waals surface area contributed by atoms with Crippen molar-refractivity contribution in [3.63, 3.8) is 0 Å². The van der Waals surface area contributed by atoms with Crippen molar-refractivity contribution < 1.29 is 14.4 Å². The van der Waals surface area contributed by atoms with Gasteiger partial charge < -0.3 is 0 Å². The van der Waals surface area contributed by atoms with Gasteiger partial charge in [-0.1, -0.05) is 51.6 Å². The molecule has 0 saturated carbocycles. The van der Waals surface area contributed by atoms with Gasteiger partial charge in [0, 0.05) is 16.7 Å². The fourth-order valence-corrected chi connectivity index (χ4v) is 5.67. The number of aryl methyl sites for hydroxylation is 6. The molecule has 0 amide bonds. The molecule has 0 heterocycles. The zero-order valence-corrected chi connectivity index (χ0v) is 19.8. The van der Waals surface area contributed by atoms with Crippen LogP contribution in [0.2, 0.25) is 0 Å². The van der Waals surface area contributed by atoms with Crippen LogP contribution in [0.4, 0.5) is 0 Å². The number of carbonyl (C=O) groups is 3. The average molecular weight is 430 g/mol. The maximum atomic E-state index is 13.6. The van der Waals surface area contributed by atoms with Crippen molar-refractivity contribution in [2.45, 2.75) is 41.5 Å². The summed E-state index contributed by atoms with van der Waals surface area (Å²) in [5, 5.41) is 0. The van der Waals surface area contributed by atoms with E-state index >= 15 is 0 Å². The molecule has 3 rings (SSSR count). The van der Waals surface area contributed by atoms with Gasteiger partial charge in [0.05, 0.1) is 0 Å². The lowest BCUT2D eigenvalue weighted by atomic mass is 10.1. The van der Waals surface area contributed by atoms with Crippen LogP contribution >= 0.6 is 7.92 Å². The van der Waals surface area contributed by atoms with Crippen molar-refractivity contribution in [3.05, 3.63) is 105 Å². The predicted octanol–water partition coefficient (Wildman–Crippen LogP) is 6.84. The number of hydrogen-bond acceptors (Lipinski definition) is 3. The second kappa shape index (κ2) is 9.08.